The summed E-state index contributed by atoms with van der Waals surface area (Å²) in [6.45, 7) is 0. The van der Waals surface area contributed by atoms with Crippen LogP contribution in [-0.2, 0) is 4.79 Å². The third-order valence-corrected chi connectivity index (χ3v) is 2.74. The minimum Gasteiger partial charge on any atom is -0.478 e. The van der Waals surface area contributed by atoms with Gasteiger partial charge in [0.15, 0.2) is 0 Å². The minimum absolute atomic E-state index is 0.312. The van der Waals surface area contributed by atoms with E-state index in [1.165, 1.54) is 6.08 Å². The molecule has 0 bridgehead atoms. The van der Waals surface area contributed by atoms with Crippen LogP contribution >= 0.6 is 15.9 Å². The number of nitrogens with one attached hydrogen (secondary N) is 1. The smallest absolute Gasteiger partial charge is 0.328 e. The van der Waals surface area contributed by atoms with Gasteiger partial charge in [0.1, 0.15) is 0 Å². The van der Waals surface area contributed by atoms with Gasteiger partial charge in [-0.05, 0) is 29.7 Å². The van der Waals surface area contributed by atoms with Gasteiger partial charge >= 0.3 is 5.97 Å². The predicted molar refractivity (Wildman–Crippen MR) is 68.9 cm³/mol. The molecule has 2 rings (SSSR count). The van der Waals surface area contributed by atoms with E-state index in [0.29, 0.717) is 11.1 Å². The number of aliphatic carboxylic acids is 1. The van der Waals surface area contributed by atoms with Crippen molar-refractivity contribution in [3.8, 4) is 0 Å². The molecule has 0 radical (unpaired) electrons. The van der Waals surface area contributed by atoms with Gasteiger partial charge in [0.2, 0.25) is 0 Å². The Bertz CT molecular complexity index is 673. The van der Waals surface area contributed by atoms with Crippen LogP contribution in [0.4, 0.5) is 0 Å². The molecule has 0 spiro atoms. The van der Waals surface area contributed by atoms with Gasteiger partial charge < -0.3 is 10.1 Å². The van der Waals surface area contributed by atoms with E-state index in [1.54, 1.807) is 12.1 Å². The maximum absolute atomic E-state index is 11.6. The summed E-state index contributed by atoms with van der Waals surface area (Å²) in [7, 11) is 0. The number of hydrogen-bond donors (Lipinski definition) is 2. The van der Waals surface area contributed by atoms with Gasteiger partial charge in [-0.25, -0.2) is 4.79 Å². The number of benzene rings is 1. The van der Waals surface area contributed by atoms with Crippen molar-refractivity contribution < 1.29 is 9.90 Å². The van der Waals surface area contributed by atoms with Crippen LogP contribution < -0.4 is 5.56 Å². The van der Waals surface area contributed by atoms with Gasteiger partial charge in [-0.3, -0.25) is 4.79 Å². The Morgan fingerprint density at radius 3 is 2.82 bits per heavy atom. The van der Waals surface area contributed by atoms with E-state index in [2.05, 4.69) is 20.9 Å². The SMILES string of the molecule is O=C(O)/C=C/c1cc2ccc(Br)cc2[nH]c1=O. The zero-order chi connectivity index (χ0) is 12.4. The van der Waals surface area contributed by atoms with Crippen LogP contribution in [0.25, 0.3) is 17.0 Å². The fourth-order valence-electron chi connectivity index (χ4n) is 1.48. The second-order valence-corrected chi connectivity index (χ2v) is 4.37. The van der Waals surface area contributed by atoms with Crippen LogP contribution in [0.3, 0.4) is 0 Å². The first-order chi connectivity index (χ1) is 8.06. The Kier molecular flexibility index (Phi) is 3.10. The molecule has 4 nitrogen and oxygen atoms in total. The second-order valence-electron chi connectivity index (χ2n) is 3.46. The van der Waals surface area contributed by atoms with Crippen LogP contribution in [0.1, 0.15) is 5.56 Å². The number of carbonyl (C=O) groups is 1. The highest BCUT2D eigenvalue weighted by Crippen LogP contribution is 2.17. The standard InChI is InChI=1S/C12H8BrNO3/c13-9-3-1-7-5-8(2-4-11(15)16)12(17)14-10(7)6-9/h1-6H,(H,14,17)(H,15,16)/b4-2+. The summed E-state index contributed by atoms with van der Waals surface area (Å²) >= 11 is 3.31. The lowest BCUT2D eigenvalue weighted by Crippen LogP contribution is -2.09. The Morgan fingerprint density at radius 1 is 1.35 bits per heavy atom. The lowest BCUT2D eigenvalue weighted by molar-refractivity contribution is -0.131. The van der Waals surface area contributed by atoms with Gasteiger partial charge in [-0.15, -0.1) is 0 Å². The second kappa shape index (κ2) is 4.55. The molecule has 0 atom stereocenters. The maximum Gasteiger partial charge on any atom is 0.328 e. The highest BCUT2D eigenvalue weighted by molar-refractivity contribution is 9.10. The molecule has 0 aliphatic carbocycles. The van der Waals surface area contributed by atoms with E-state index in [0.717, 1.165) is 15.9 Å². The van der Waals surface area contributed by atoms with Crippen molar-refractivity contribution in [2.24, 2.45) is 0 Å². The van der Waals surface area contributed by atoms with E-state index in [1.807, 2.05) is 12.1 Å². The monoisotopic (exact) mass is 293 g/mol. The van der Waals surface area contributed by atoms with Crippen LogP contribution in [0, 0.1) is 0 Å². The normalized spacial score (nSPS) is 11.1. The number of rotatable bonds is 2. The number of carboxylic acid groups (broad SMARTS) is 1. The first kappa shape index (κ1) is 11.6. The van der Waals surface area contributed by atoms with Crippen molar-refractivity contribution >= 4 is 38.9 Å². The Balaban J connectivity index is 2.60. The number of H-pyrrole nitrogens is 1. The Labute approximate surface area is 105 Å². The van der Waals surface area contributed by atoms with Crippen LogP contribution in [-0.4, -0.2) is 16.1 Å². The van der Waals surface area contributed by atoms with Crippen LogP contribution in [0.5, 0.6) is 0 Å². The van der Waals surface area contributed by atoms with E-state index in [-0.39, 0.29) is 5.56 Å². The summed E-state index contributed by atoms with van der Waals surface area (Å²) < 4.78 is 0.870. The molecule has 5 heteroatoms. The zero-order valence-corrected chi connectivity index (χ0v) is 10.2. The molecule has 2 aromatic rings. The summed E-state index contributed by atoms with van der Waals surface area (Å²) in [5.41, 5.74) is 0.715. The molecular formula is C12H8BrNO3. The van der Waals surface area contributed by atoms with Crippen molar-refractivity contribution in [1.29, 1.82) is 0 Å². The average Bonchev–Trinajstić information content (AvgIpc) is 2.26. The van der Waals surface area contributed by atoms with Gasteiger partial charge in [0.05, 0.1) is 0 Å². The van der Waals surface area contributed by atoms with Gasteiger partial charge in [-0.2, -0.15) is 0 Å². The van der Waals surface area contributed by atoms with E-state index in [4.69, 9.17) is 5.11 Å². The molecule has 0 saturated heterocycles. The molecular weight excluding hydrogens is 286 g/mol. The number of aromatic amines is 1. The molecule has 0 unspecified atom stereocenters. The van der Waals surface area contributed by atoms with Crippen molar-refractivity contribution in [1.82, 2.24) is 4.98 Å². The van der Waals surface area contributed by atoms with Crippen LogP contribution in [0.15, 0.2) is 39.6 Å². The fourth-order valence-corrected chi connectivity index (χ4v) is 1.84. The molecule has 0 saturated carbocycles. The summed E-state index contributed by atoms with van der Waals surface area (Å²) in [5, 5.41) is 9.36. The number of hydrogen-bond acceptors (Lipinski definition) is 2. The van der Waals surface area contributed by atoms with Crippen molar-refractivity contribution in [3.63, 3.8) is 0 Å². The summed E-state index contributed by atoms with van der Waals surface area (Å²) in [4.78, 5) is 24.7. The van der Waals surface area contributed by atoms with Crippen molar-refractivity contribution in [2.45, 2.75) is 0 Å². The number of pyridine rings is 1. The topological polar surface area (TPSA) is 70.2 Å². The molecule has 0 fully saturated rings. The van der Waals surface area contributed by atoms with Gasteiger partial charge in [-0.1, -0.05) is 22.0 Å². The fraction of sp³-hybridized carbons (Fsp3) is 0. The molecule has 1 aromatic heterocycles. The molecule has 86 valence electrons. The quantitative estimate of drug-likeness (QED) is 0.835. The molecule has 0 amide bonds. The first-order valence-corrected chi connectivity index (χ1v) is 5.59. The summed E-state index contributed by atoms with van der Waals surface area (Å²) in [5.74, 6) is -1.08. The highest BCUT2D eigenvalue weighted by Gasteiger charge is 2.01. The lowest BCUT2D eigenvalue weighted by Gasteiger charge is -2.00. The maximum atomic E-state index is 11.6. The highest BCUT2D eigenvalue weighted by atomic mass is 79.9. The van der Waals surface area contributed by atoms with Crippen LogP contribution in [0.2, 0.25) is 0 Å². The summed E-state index contributed by atoms with van der Waals surface area (Å²) in [6.07, 6.45) is 2.22. The summed E-state index contributed by atoms with van der Waals surface area (Å²) in [6, 6.07) is 7.14. The zero-order valence-electron chi connectivity index (χ0n) is 8.61. The van der Waals surface area contributed by atoms with Gasteiger partial charge in [0.25, 0.3) is 5.56 Å². The van der Waals surface area contributed by atoms with E-state index in [9.17, 15) is 9.59 Å². The third-order valence-electron chi connectivity index (χ3n) is 2.24. The van der Waals surface area contributed by atoms with E-state index < -0.39 is 5.97 Å². The first-order valence-electron chi connectivity index (χ1n) is 4.80. The number of fused-ring (bicyclic) bond motifs is 1. The minimum atomic E-state index is -1.08. The van der Waals surface area contributed by atoms with Gasteiger partial charge in [0, 0.05) is 21.6 Å². The average molecular weight is 294 g/mol. The molecule has 0 aliphatic rings. The number of carboxylic acids is 1. The predicted octanol–water partition coefficient (Wildman–Crippen LogP) is 2.39. The lowest BCUT2D eigenvalue weighted by atomic mass is 10.1. The van der Waals surface area contributed by atoms with E-state index >= 15 is 0 Å². The van der Waals surface area contributed by atoms with Crippen molar-refractivity contribution in [3.05, 3.63) is 50.7 Å². The number of halogens is 1. The Hall–Kier alpha value is -1.88. The molecule has 1 aromatic carbocycles. The molecule has 17 heavy (non-hydrogen) atoms. The van der Waals surface area contributed by atoms with Crippen molar-refractivity contribution in [2.75, 3.05) is 0 Å². The third kappa shape index (κ3) is 2.62. The molecule has 0 aliphatic heterocycles. The largest absolute Gasteiger partial charge is 0.478 e. The molecule has 2 N–H and O–H groups in total. The Morgan fingerprint density at radius 2 is 2.12 bits per heavy atom. The number of aromatic nitrogens is 1. The molecule has 1 heterocycles.